The van der Waals surface area contributed by atoms with Crippen LogP contribution in [0.1, 0.15) is 5.56 Å². The van der Waals surface area contributed by atoms with Gasteiger partial charge in [-0.3, -0.25) is 0 Å². The van der Waals surface area contributed by atoms with Gasteiger partial charge in [0.15, 0.2) is 0 Å². The second kappa shape index (κ2) is 7.87. The molecule has 0 spiro atoms. The van der Waals surface area contributed by atoms with Crippen molar-refractivity contribution in [1.29, 1.82) is 0 Å². The maximum absolute atomic E-state index is 5.32. The Kier molecular flexibility index (Phi) is 5.16. The number of hydrogen-bond donors (Lipinski definition) is 1. The van der Waals surface area contributed by atoms with Crippen LogP contribution in [0.2, 0.25) is 0 Å². The predicted molar refractivity (Wildman–Crippen MR) is 96.0 cm³/mol. The lowest BCUT2D eigenvalue weighted by atomic mass is 10.2. The smallest absolute Gasteiger partial charge is 0.263 e. The predicted octanol–water partition coefficient (Wildman–Crippen LogP) is 3.00. The summed E-state index contributed by atoms with van der Waals surface area (Å²) in [6, 6.07) is 15.2. The number of hydrazone groups is 1. The van der Waals surface area contributed by atoms with Crippen LogP contribution in [0.3, 0.4) is 0 Å². The van der Waals surface area contributed by atoms with Gasteiger partial charge in [-0.2, -0.15) is 10.2 Å². The molecule has 0 bridgehead atoms. The zero-order chi connectivity index (χ0) is 17.5. The molecule has 7 heteroatoms. The van der Waals surface area contributed by atoms with Crippen molar-refractivity contribution < 1.29 is 9.47 Å². The summed E-state index contributed by atoms with van der Waals surface area (Å²) >= 11 is 0. The Labute approximate surface area is 145 Å². The number of anilines is 1. The number of rotatable bonds is 6. The molecule has 25 heavy (non-hydrogen) atoms. The van der Waals surface area contributed by atoms with Gasteiger partial charge in [-0.25, -0.2) is 10.4 Å². The molecule has 3 rings (SSSR count). The summed E-state index contributed by atoms with van der Waals surface area (Å²) in [7, 11) is 3.20. The van der Waals surface area contributed by atoms with E-state index in [-0.39, 0.29) is 0 Å². The van der Waals surface area contributed by atoms with Gasteiger partial charge in [-0.05, 0) is 12.1 Å². The van der Waals surface area contributed by atoms with E-state index in [0.29, 0.717) is 17.4 Å². The molecule has 3 aromatic rings. The quantitative estimate of drug-likeness (QED) is 0.551. The first-order chi connectivity index (χ1) is 12.3. The van der Waals surface area contributed by atoms with E-state index in [1.54, 1.807) is 32.7 Å². The number of aromatic nitrogens is 3. The molecule has 0 fully saturated rings. The van der Waals surface area contributed by atoms with Crippen LogP contribution in [0.4, 0.5) is 5.95 Å². The van der Waals surface area contributed by atoms with Crippen LogP contribution >= 0.6 is 0 Å². The van der Waals surface area contributed by atoms with E-state index >= 15 is 0 Å². The number of nitrogens with one attached hydrogen (secondary N) is 1. The summed E-state index contributed by atoms with van der Waals surface area (Å²) in [6.45, 7) is 0. The highest BCUT2D eigenvalue weighted by atomic mass is 16.5. The van der Waals surface area contributed by atoms with Gasteiger partial charge >= 0.3 is 0 Å². The maximum Gasteiger partial charge on any atom is 0.263 e. The van der Waals surface area contributed by atoms with E-state index in [4.69, 9.17) is 9.47 Å². The van der Waals surface area contributed by atoms with E-state index in [1.165, 1.54) is 0 Å². The summed E-state index contributed by atoms with van der Waals surface area (Å²) in [6.07, 6.45) is 3.23. The molecular weight excluding hydrogens is 318 g/mol. The van der Waals surface area contributed by atoms with E-state index in [9.17, 15) is 0 Å². The molecule has 0 saturated heterocycles. The fraction of sp³-hybridized carbons (Fsp3) is 0.111. The zero-order valence-electron chi connectivity index (χ0n) is 13.9. The fourth-order valence-electron chi connectivity index (χ4n) is 2.18. The molecule has 0 amide bonds. The summed E-state index contributed by atoms with van der Waals surface area (Å²) < 4.78 is 10.5. The second-order valence-electron chi connectivity index (χ2n) is 5.01. The van der Waals surface area contributed by atoms with E-state index in [1.807, 2.05) is 42.5 Å². The Morgan fingerprint density at radius 2 is 1.88 bits per heavy atom. The first-order valence-electron chi connectivity index (χ1n) is 7.56. The Morgan fingerprint density at radius 3 is 2.64 bits per heavy atom. The van der Waals surface area contributed by atoms with Crippen LogP contribution in [-0.4, -0.2) is 35.6 Å². The molecule has 0 unspecified atom stereocenters. The summed E-state index contributed by atoms with van der Waals surface area (Å²) in [5, 5.41) is 12.0. The highest BCUT2D eigenvalue weighted by Gasteiger charge is 2.04. The van der Waals surface area contributed by atoms with Gasteiger partial charge in [0.1, 0.15) is 11.5 Å². The van der Waals surface area contributed by atoms with Crippen molar-refractivity contribution in [3.8, 4) is 22.8 Å². The largest absolute Gasteiger partial charge is 0.497 e. The number of methoxy groups -OCH3 is 2. The van der Waals surface area contributed by atoms with Crippen LogP contribution in [0, 0.1) is 0 Å². The average molecular weight is 335 g/mol. The Hall–Kier alpha value is -3.48. The van der Waals surface area contributed by atoms with Crippen molar-refractivity contribution in [2.75, 3.05) is 19.6 Å². The molecule has 1 N–H and O–H groups in total. The summed E-state index contributed by atoms with van der Waals surface area (Å²) in [5.41, 5.74) is 5.25. The lowest BCUT2D eigenvalue weighted by molar-refractivity contribution is 0.394. The Balaban J connectivity index is 1.75. The topological polar surface area (TPSA) is 81.5 Å². The van der Waals surface area contributed by atoms with E-state index in [0.717, 1.165) is 16.8 Å². The van der Waals surface area contributed by atoms with Crippen molar-refractivity contribution in [3.05, 3.63) is 60.3 Å². The maximum atomic E-state index is 5.32. The lowest BCUT2D eigenvalue weighted by Gasteiger charge is -2.07. The first kappa shape index (κ1) is 16.4. The van der Waals surface area contributed by atoms with Crippen molar-refractivity contribution >= 4 is 12.2 Å². The average Bonchev–Trinajstić information content (AvgIpc) is 2.69. The minimum absolute atomic E-state index is 0.310. The van der Waals surface area contributed by atoms with Crippen molar-refractivity contribution in [1.82, 2.24) is 15.2 Å². The van der Waals surface area contributed by atoms with Crippen LogP contribution in [0.15, 0.2) is 59.8 Å². The van der Waals surface area contributed by atoms with Crippen molar-refractivity contribution in [2.45, 2.75) is 0 Å². The molecule has 1 heterocycles. The Morgan fingerprint density at radius 1 is 1.04 bits per heavy atom. The van der Waals surface area contributed by atoms with E-state index in [2.05, 4.69) is 25.7 Å². The molecule has 7 nitrogen and oxygen atoms in total. The highest BCUT2D eigenvalue weighted by Crippen LogP contribution is 2.23. The van der Waals surface area contributed by atoms with Gasteiger partial charge in [0.05, 0.1) is 32.3 Å². The minimum Gasteiger partial charge on any atom is -0.497 e. The molecular formula is C18H17N5O2. The van der Waals surface area contributed by atoms with Crippen LogP contribution in [0.5, 0.6) is 11.5 Å². The summed E-state index contributed by atoms with van der Waals surface area (Å²) in [5.74, 6) is 1.68. The van der Waals surface area contributed by atoms with Crippen molar-refractivity contribution in [2.24, 2.45) is 5.10 Å². The van der Waals surface area contributed by atoms with Crippen LogP contribution in [-0.2, 0) is 0 Å². The minimum atomic E-state index is 0.310. The third-order valence-corrected chi connectivity index (χ3v) is 3.44. The number of ether oxygens (including phenoxy) is 2. The van der Waals surface area contributed by atoms with Gasteiger partial charge in [-0.15, -0.1) is 5.10 Å². The molecule has 1 aromatic heterocycles. The third kappa shape index (κ3) is 4.08. The number of hydrogen-bond acceptors (Lipinski definition) is 7. The fourth-order valence-corrected chi connectivity index (χ4v) is 2.18. The molecule has 126 valence electrons. The molecule has 0 saturated carbocycles. The highest BCUT2D eigenvalue weighted by molar-refractivity contribution is 5.84. The molecule has 0 aliphatic rings. The Bertz CT molecular complexity index is 868. The van der Waals surface area contributed by atoms with Crippen LogP contribution in [0.25, 0.3) is 11.3 Å². The number of benzene rings is 2. The van der Waals surface area contributed by atoms with Gasteiger partial charge in [0.2, 0.25) is 0 Å². The lowest BCUT2D eigenvalue weighted by Crippen LogP contribution is -2.00. The standard InChI is InChI=1S/C18H17N5O2/c1-24-15-9-8-14(17(10-15)25-2)11-19-22-18-21-16(12-20-23-18)13-6-4-3-5-7-13/h3-12H,1-2H3,(H,21,22,23)/b19-11-. The van der Waals surface area contributed by atoms with Gasteiger partial charge in [0, 0.05) is 17.2 Å². The first-order valence-corrected chi connectivity index (χ1v) is 7.56. The van der Waals surface area contributed by atoms with E-state index < -0.39 is 0 Å². The second-order valence-corrected chi connectivity index (χ2v) is 5.01. The van der Waals surface area contributed by atoms with Gasteiger partial charge < -0.3 is 9.47 Å². The van der Waals surface area contributed by atoms with Gasteiger partial charge in [-0.1, -0.05) is 30.3 Å². The molecule has 0 aliphatic carbocycles. The SMILES string of the molecule is COc1ccc(/C=N\Nc2nncc(-c3ccccc3)n2)c(OC)c1. The monoisotopic (exact) mass is 335 g/mol. The molecule has 2 aromatic carbocycles. The van der Waals surface area contributed by atoms with Crippen molar-refractivity contribution in [3.63, 3.8) is 0 Å². The van der Waals surface area contributed by atoms with Gasteiger partial charge in [0.25, 0.3) is 5.95 Å². The molecule has 0 aliphatic heterocycles. The summed E-state index contributed by atoms with van der Waals surface area (Å²) in [4.78, 5) is 4.39. The molecule has 0 atom stereocenters. The third-order valence-electron chi connectivity index (χ3n) is 3.44. The zero-order valence-corrected chi connectivity index (χ0v) is 13.9. The molecule has 0 radical (unpaired) electrons. The number of nitrogens with zero attached hydrogens (tertiary/aromatic N) is 4. The normalized spacial score (nSPS) is 10.6. The van der Waals surface area contributed by atoms with Crippen LogP contribution < -0.4 is 14.9 Å².